The van der Waals surface area contributed by atoms with E-state index in [1.54, 1.807) is 35.2 Å². The molecule has 7 nitrogen and oxygen atoms in total. The average molecular weight is 486 g/mol. The zero-order chi connectivity index (χ0) is 21.9. The van der Waals surface area contributed by atoms with Gasteiger partial charge in [-0.05, 0) is 62.3 Å². The predicted octanol–water partition coefficient (Wildman–Crippen LogP) is 4.33. The van der Waals surface area contributed by atoms with Gasteiger partial charge in [-0.25, -0.2) is 0 Å². The Bertz CT molecular complexity index is 1280. The molecule has 0 N–H and O–H groups in total. The quantitative estimate of drug-likeness (QED) is 0.389. The fraction of sp³-hybridized carbons (Fsp3) is 0.292. The van der Waals surface area contributed by atoms with Crippen LogP contribution < -0.4 is 10.3 Å². The summed E-state index contributed by atoms with van der Waals surface area (Å²) in [6, 6.07) is 12.8. The Morgan fingerprint density at radius 3 is 2.61 bits per heavy atom. The standard InChI is InChI=1S/C24H24ClN5O2.ClH/c25-19-3-4-20(26-16-19)17-32-22-7-10-29(24(31)14-22)21-5-6-23-18(13-21)15-27-30(23)12-11-28-8-1-2-9-28;/h3-7,10,13-16H,1-2,8-9,11-12,17H2;1H. The highest BCUT2D eigenvalue weighted by atomic mass is 35.5. The molecule has 0 unspecified atom stereocenters. The van der Waals surface area contributed by atoms with Crippen molar-refractivity contribution in [1.29, 1.82) is 0 Å². The molecule has 0 saturated carbocycles. The molecule has 1 aromatic carbocycles. The third kappa shape index (κ3) is 5.38. The molecule has 0 spiro atoms. The molecule has 0 radical (unpaired) electrons. The number of halogens is 2. The molecule has 4 heterocycles. The molecule has 33 heavy (non-hydrogen) atoms. The number of benzene rings is 1. The molecule has 0 atom stereocenters. The van der Waals surface area contributed by atoms with Crippen molar-refractivity contribution in [3.63, 3.8) is 0 Å². The number of pyridine rings is 2. The SMILES string of the molecule is Cl.O=c1cc(OCc2ccc(Cl)cn2)ccn1-c1ccc2c(cnn2CCN2CCCC2)c1. The first-order chi connectivity index (χ1) is 15.7. The molecule has 4 aromatic rings. The lowest BCUT2D eigenvalue weighted by molar-refractivity contribution is 0.300. The maximum atomic E-state index is 12.7. The van der Waals surface area contributed by atoms with E-state index >= 15 is 0 Å². The fourth-order valence-electron chi connectivity index (χ4n) is 4.06. The third-order valence-electron chi connectivity index (χ3n) is 5.80. The summed E-state index contributed by atoms with van der Waals surface area (Å²) in [6.45, 7) is 4.52. The predicted molar refractivity (Wildman–Crippen MR) is 132 cm³/mol. The van der Waals surface area contributed by atoms with Crippen molar-refractivity contribution in [2.45, 2.75) is 26.0 Å². The molecule has 5 rings (SSSR count). The highest BCUT2D eigenvalue weighted by Gasteiger charge is 2.12. The van der Waals surface area contributed by atoms with Gasteiger partial charge in [0.05, 0.1) is 29.0 Å². The minimum atomic E-state index is -0.160. The number of hydrogen-bond acceptors (Lipinski definition) is 5. The molecule has 3 aromatic heterocycles. The van der Waals surface area contributed by atoms with Crippen molar-refractivity contribution in [2.75, 3.05) is 19.6 Å². The molecule has 0 amide bonds. The van der Waals surface area contributed by atoms with Crippen molar-refractivity contribution in [2.24, 2.45) is 0 Å². The van der Waals surface area contributed by atoms with Crippen LogP contribution in [0.2, 0.25) is 5.02 Å². The fourth-order valence-corrected chi connectivity index (χ4v) is 4.17. The highest BCUT2D eigenvalue weighted by Crippen LogP contribution is 2.19. The summed E-state index contributed by atoms with van der Waals surface area (Å²) in [5, 5.41) is 6.15. The Morgan fingerprint density at radius 2 is 1.85 bits per heavy atom. The van der Waals surface area contributed by atoms with Crippen LogP contribution in [-0.2, 0) is 13.2 Å². The first-order valence-electron chi connectivity index (χ1n) is 10.8. The summed E-state index contributed by atoms with van der Waals surface area (Å²) in [5.41, 5.74) is 2.46. The van der Waals surface area contributed by atoms with Gasteiger partial charge in [-0.3, -0.25) is 19.0 Å². The van der Waals surface area contributed by atoms with Crippen molar-refractivity contribution in [1.82, 2.24) is 24.2 Å². The molecule has 9 heteroatoms. The monoisotopic (exact) mass is 485 g/mol. The van der Waals surface area contributed by atoms with Gasteiger partial charge in [-0.1, -0.05) is 11.6 Å². The summed E-state index contributed by atoms with van der Waals surface area (Å²) in [7, 11) is 0. The summed E-state index contributed by atoms with van der Waals surface area (Å²) < 4.78 is 9.36. The van der Waals surface area contributed by atoms with Gasteiger partial charge in [0.15, 0.2) is 0 Å². The van der Waals surface area contributed by atoms with Crippen LogP contribution in [-0.4, -0.2) is 43.9 Å². The second-order valence-corrected chi connectivity index (χ2v) is 8.42. The van der Waals surface area contributed by atoms with E-state index in [0.29, 0.717) is 10.8 Å². The Morgan fingerprint density at radius 1 is 1.00 bits per heavy atom. The number of nitrogens with zero attached hydrogens (tertiary/aromatic N) is 5. The molecule has 1 saturated heterocycles. The van der Waals surface area contributed by atoms with Crippen molar-refractivity contribution >= 4 is 34.9 Å². The smallest absolute Gasteiger partial charge is 0.258 e. The topological polar surface area (TPSA) is 65.2 Å². The lowest BCUT2D eigenvalue weighted by atomic mass is 10.2. The van der Waals surface area contributed by atoms with Gasteiger partial charge in [-0.15, -0.1) is 12.4 Å². The van der Waals surface area contributed by atoms with Gasteiger partial charge in [-0.2, -0.15) is 5.10 Å². The van der Waals surface area contributed by atoms with E-state index in [-0.39, 0.29) is 24.6 Å². The molecule has 172 valence electrons. The van der Waals surface area contributed by atoms with Gasteiger partial charge < -0.3 is 9.64 Å². The second kappa shape index (κ2) is 10.4. The molecule has 1 aliphatic rings. The maximum absolute atomic E-state index is 12.7. The molecular weight excluding hydrogens is 461 g/mol. The molecule has 1 aliphatic heterocycles. The summed E-state index contributed by atoms with van der Waals surface area (Å²) in [5.74, 6) is 0.499. The highest BCUT2D eigenvalue weighted by molar-refractivity contribution is 6.30. The van der Waals surface area contributed by atoms with Crippen LogP contribution in [0.4, 0.5) is 0 Å². The van der Waals surface area contributed by atoms with Gasteiger partial charge in [0, 0.05) is 36.1 Å². The number of aromatic nitrogens is 4. The Hall–Kier alpha value is -2.87. The lowest BCUT2D eigenvalue weighted by Gasteiger charge is -2.14. The largest absolute Gasteiger partial charge is 0.487 e. The number of rotatable bonds is 7. The maximum Gasteiger partial charge on any atom is 0.258 e. The van der Waals surface area contributed by atoms with Crippen molar-refractivity contribution < 1.29 is 4.74 Å². The number of likely N-dealkylation sites (tertiary alicyclic amines) is 1. The molecule has 1 fully saturated rings. The summed E-state index contributed by atoms with van der Waals surface area (Å²) in [4.78, 5) is 19.4. The van der Waals surface area contributed by atoms with Gasteiger partial charge in [0.25, 0.3) is 5.56 Å². The molecule has 0 bridgehead atoms. The van der Waals surface area contributed by atoms with Crippen LogP contribution in [0.1, 0.15) is 18.5 Å². The van der Waals surface area contributed by atoms with E-state index in [4.69, 9.17) is 16.3 Å². The van der Waals surface area contributed by atoms with E-state index < -0.39 is 0 Å². The van der Waals surface area contributed by atoms with Crippen molar-refractivity contribution in [3.8, 4) is 11.4 Å². The summed E-state index contributed by atoms with van der Waals surface area (Å²) >= 11 is 5.85. The van der Waals surface area contributed by atoms with E-state index in [1.165, 1.54) is 32.0 Å². The Balaban J connectivity index is 0.00000259. The zero-order valence-electron chi connectivity index (χ0n) is 18.1. The van der Waals surface area contributed by atoms with E-state index in [0.717, 1.165) is 35.4 Å². The average Bonchev–Trinajstić information content (AvgIpc) is 3.47. The lowest BCUT2D eigenvalue weighted by Crippen LogP contribution is -2.24. The molecular formula is C24H25Cl2N5O2. The number of fused-ring (bicyclic) bond motifs is 1. The van der Waals surface area contributed by atoms with Gasteiger partial charge in [0.2, 0.25) is 0 Å². The molecule has 0 aliphatic carbocycles. The van der Waals surface area contributed by atoms with Crippen LogP contribution in [0.15, 0.2) is 65.8 Å². The van der Waals surface area contributed by atoms with Crippen LogP contribution >= 0.6 is 24.0 Å². The van der Waals surface area contributed by atoms with Crippen molar-refractivity contribution in [3.05, 3.63) is 82.1 Å². The van der Waals surface area contributed by atoms with E-state index in [2.05, 4.69) is 15.0 Å². The zero-order valence-corrected chi connectivity index (χ0v) is 19.6. The minimum absolute atomic E-state index is 0. The van der Waals surface area contributed by atoms with Crippen LogP contribution in [0.25, 0.3) is 16.6 Å². The van der Waals surface area contributed by atoms with Crippen LogP contribution in [0.5, 0.6) is 5.75 Å². The number of hydrogen-bond donors (Lipinski definition) is 0. The van der Waals surface area contributed by atoms with Crippen LogP contribution in [0, 0.1) is 0 Å². The third-order valence-corrected chi connectivity index (χ3v) is 6.02. The first-order valence-corrected chi connectivity index (χ1v) is 11.2. The first kappa shape index (κ1) is 23.3. The summed E-state index contributed by atoms with van der Waals surface area (Å²) in [6.07, 6.45) is 7.75. The van der Waals surface area contributed by atoms with E-state index in [1.807, 2.05) is 29.1 Å². The Labute approximate surface area is 203 Å². The minimum Gasteiger partial charge on any atom is -0.487 e. The normalized spacial score (nSPS) is 13.8. The van der Waals surface area contributed by atoms with E-state index in [9.17, 15) is 4.79 Å². The second-order valence-electron chi connectivity index (χ2n) is 7.99. The number of ether oxygens (including phenoxy) is 1. The van der Waals surface area contributed by atoms with Crippen LogP contribution in [0.3, 0.4) is 0 Å². The Kier molecular flexibility index (Phi) is 7.33. The van der Waals surface area contributed by atoms with Gasteiger partial charge in [0.1, 0.15) is 12.4 Å². The van der Waals surface area contributed by atoms with Gasteiger partial charge >= 0.3 is 0 Å².